The molecule has 0 saturated heterocycles. The molecule has 17 heavy (non-hydrogen) atoms. The number of nitriles is 1. The van der Waals surface area contributed by atoms with E-state index in [9.17, 15) is 5.26 Å². The van der Waals surface area contributed by atoms with Gasteiger partial charge in [-0.05, 0) is 36.5 Å². The largest absolute Gasteiger partial charge is 0.486 e. The summed E-state index contributed by atoms with van der Waals surface area (Å²) >= 11 is 0. The predicted octanol–water partition coefficient (Wildman–Crippen LogP) is 2.65. The zero-order valence-corrected chi connectivity index (χ0v) is 9.90. The lowest BCUT2D eigenvalue weighted by Gasteiger charge is -2.41. The highest BCUT2D eigenvalue weighted by Crippen LogP contribution is 2.48. The van der Waals surface area contributed by atoms with Crippen molar-refractivity contribution in [1.82, 2.24) is 0 Å². The van der Waals surface area contributed by atoms with E-state index in [0.29, 0.717) is 19.1 Å². The lowest BCUT2D eigenvalue weighted by Crippen LogP contribution is -2.38. The maximum absolute atomic E-state index is 9.39. The average Bonchev–Trinajstić information content (AvgIpc) is 2.34. The topological polar surface area (TPSA) is 42.2 Å². The first-order valence-electron chi connectivity index (χ1n) is 6.05. The van der Waals surface area contributed by atoms with Gasteiger partial charge >= 0.3 is 0 Å². The molecule has 0 spiro atoms. The Balaban J connectivity index is 1.96. The highest BCUT2D eigenvalue weighted by atomic mass is 16.6. The molecule has 88 valence electrons. The van der Waals surface area contributed by atoms with E-state index < -0.39 is 0 Å². The molecule has 0 amide bonds. The highest BCUT2D eigenvalue weighted by Gasteiger charge is 2.44. The summed E-state index contributed by atoms with van der Waals surface area (Å²) in [7, 11) is 0. The third kappa shape index (κ3) is 1.56. The van der Waals surface area contributed by atoms with Gasteiger partial charge in [0, 0.05) is 0 Å². The molecule has 1 aliphatic heterocycles. The Bertz CT molecular complexity index is 483. The van der Waals surface area contributed by atoms with Crippen LogP contribution in [0, 0.1) is 17.2 Å². The van der Waals surface area contributed by atoms with Crippen molar-refractivity contribution in [2.75, 3.05) is 13.2 Å². The van der Waals surface area contributed by atoms with Gasteiger partial charge in [-0.2, -0.15) is 5.26 Å². The molecular weight excluding hydrogens is 214 g/mol. The van der Waals surface area contributed by atoms with E-state index in [0.717, 1.165) is 29.9 Å². The maximum atomic E-state index is 9.39. The summed E-state index contributed by atoms with van der Waals surface area (Å²) in [4.78, 5) is 0. The molecule has 3 rings (SSSR count). The van der Waals surface area contributed by atoms with Gasteiger partial charge < -0.3 is 9.47 Å². The van der Waals surface area contributed by atoms with Crippen molar-refractivity contribution in [3.8, 4) is 17.6 Å². The Hall–Kier alpha value is -1.69. The number of nitrogens with zero attached hydrogens (tertiary/aromatic N) is 1. The van der Waals surface area contributed by atoms with Crippen LogP contribution in [0.15, 0.2) is 18.2 Å². The molecule has 0 N–H and O–H groups in total. The van der Waals surface area contributed by atoms with E-state index in [4.69, 9.17) is 9.47 Å². The monoisotopic (exact) mass is 229 g/mol. The first-order chi connectivity index (χ1) is 8.23. The third-order valence-corrected chi connectivity index (χ3v) is 3.70. The van der Waals surface area contributed by atoms with Gasteiger partial charge in [0.15, 0.2) is 11.5 Å². The van der Waals surface area contributed by atoms with Crippen LogP contribution in [0.4, 0.5) is 0 Å². The SMILES string of the molecule is CC1CC(C#N)(c2ccc3c(c2)OCCO3)C1. The van der Waals surface area contributed by atoms with Crippen molar-refractivity contribution < 1.29 is 9.47 Å². The molecule has 0 bridgehead atoms. The molecule has 3 nitrogen and oxygen atoms in total. The first kappa shape index (κ1) is 10.5. The zero-order chi connectivity index (χ0) is 11.9. The fraction of sp³-hybridized carbons (Fsp3) is 0.500. The van der Waals surface area contributed by atoms with Crippen LogP contribution in [-0.4, -0.2) is 13.2 Å². The number of hydrogen-bond acceptors (Lipinski definition) is 3. The average molecular weight is 229 g/mol. The lowest BCUT2D eigenvalue weighted by molar-refractivity contribution is 0.169. The van der Waals surface area contributed by atoms with Crippen LogP contribution in [0.3, 0.4) is 0 Å². The molecule has 0 aromatic heterocycles. The van der Waals surface area contributed by atoms with E-state index in [1.165, 1.54) is 0 Å². The van der Waals surface area contributed by atoms with Crippen molar-refractivity contribution in [2.45, 2.75) is 25.2 Å². The Morgan fingerprint density at radius 1 is 1.24 bits per heavy atom. The van der Waals surface area contributed by atoms with Crippen molar-refractivity contribution >= 4 is 0 Å². The summed E-state index contributed by atoms with van der Waals surface area (Å²) in [6.07, 6.45) is 1.90. The fourth-order valence-corrected chi connectivity index (χ4v) is 2.86. The summed E-state index contributed by atoms with van der Waals surface area (Å²) in [5.41, 5.74) is 0.775. The van der Waals surface area contributed by atoms with E-state index in [2.05, 4.69) is 13.0 Å². The normalized spacial score (nSPS) is 30.2. The smallest absolute Gasteiger partial charge is 0.161 e. The van der Waals surface area contributed by atoms with Crippen LogP contribution in [0.2, 0.25) is 0 Å². The van der Waals surface area contributed by atoms with Crippen LogP contribution in [0.1, 0.15) is 25.3 Å². The molecule has 1 aliphatic carbocycles. The van der Waals surface area contributed by atoms with Gasteiger partial charge in [0.25, 0.3) is 0 Å². The number of ether oxygens (including phenoxy) is 2. The Labute approximate surface area is 101 Å². The van der Waals surface area contributed by atoms with Crippen molar-refractivity contribution in [1.29, 1.82) is 5.26 Å². The van der Waals surface area contributed by atoms with E-state index in [1.807, 2.05) is 18.2 Å². The van der Waals surface area contributed by atoms with E-state index >= 15 is 0 Å². The van der Waals surface area contributed by atoms with Crippen molar-refractivity contribution in [3.05, 3.63) is 23.8 Å². The number of rotatable bonds is 1. The second kappa shape index (κ2) is 3.66. The summed E-state index contributed by atoms with van der Waals surface area (Å²) in [5, 5.41) is 9.39. The zero-order valence-electron chi connectivity index (χ0n) is 9.90. The molecule has 1 fully saturated rings. The highest BCUT2D eigenvalue weighted by molar-refractivity contribution is 5.48. The van der Waals surface area contributed by atoms with Crippen LogP contribution in [0.5, 0.6) is 11.5 Å². The summed E-state index contributed by atoms with van der Waals surface area (Å²) in [5.74, 6) is 2.21. The Kier molecular flexibility index (Phi) is 2.25. The standard InChI is InChI=1S/C14H15NO2/c1-10-7-14(8-10,9-15)11-2-3-12-13(6-11)17-5-4-16-12/h2-3,6,10H,4-5,7-8H2,1H3. The summed E-state index contributed by atoms with van der Waals surface area (Å²) in [6, 6.07) is 8.37. The molecule has 1 aromatic carbocycles. The quantitative estimate of drug-likeness (QED) is 0.743. The minimum atomic E-state index is -0.296. The minimum Gasteiger partial charge on any atom is -0.486 e. The van der Waals surface area contributed by atoms with E-state index in [-0.39, 0.29) is 5.41 Å². The number of benzene rings is 1. The third-order valence-electron chi connectivity index (χ3n) is 3.70. The van der Waals surface area contributed by atoms with E-state index in [1.54, 1.807) is 0 Å². The molecule has 0 radical (unpaired) electrons. The summed E-state index contributed by atoms with van der Waals surface area (Å²) in [6.45, 7) is 3.38. The number of hydrogen-bond donors (Lipinski definition) is 0. The molecule has 0 atom stereocenters. The van der Waals surface area contributed by atoms with Crippen LogP contribution < -0.4 is 9.47 Å². The van der Waals surface area contributed by atoms with Crippen molar-refractivity contribution in [2.24, 2.45) is 5.92 Å². The van der Waals surface area contributed by atoms with Gasteiger partial charge in [-0.3, -0.25) is 0 Å². The maximum Gasteiger partial charge on any atom is 0.161 e. The van der Waals surface area contributed by atoms with Crippen molar-refractivity contribution in [3.63, 3.8) is 0 Å². The fourth-order valence-electron chi connectivity index (χ4n) is 2.86. The van der Waals surface area contributed by atoms with Gasteiger partial charge in [-0.1, -0.05) is 13.0 Å². The van der Waals surface area contributed by atoms with Gasteiger partial charge in [0.1, 0.15) is 13.2 Å². The molecule has 0 unspecified atom stereocenters. The number of fused-ring (bicyclic) bond motifs is 1. The van der Waals surface area contributed by atoms with Crippen LogP contribution >= 0.6 is 0 Å². The lowest BCUT2D eigenvalue weighted by atomic mass is 9.60. The van der Waals surface area contributed by atoms with Gasteiger partial charge in [-0.25, -0.2) is 0 Å². The molecule has 1 heterocycles. The second-order valence-corrected chi connectivity index (χ2v) is 5.07. The van der Waals surface area contributed by atoms with Gasteiger partial charge in [-0.15, -0.1) is 0 Å². The summed E-state index contributed by atoms with van der Waals surface area (Å²) < 4.78 is 11.1. The molecule has 3 heteroatoms. The van der Waals surface area contributed by atoms with Crippen LogP contribution in [0.25, 0.3) is 0 Å². The Morgan fingerprint density at radius 3 is 2.59 bits per heavy atom. The molecule has 1 aromatic rings. The molecule has 1 saturated carbocycles. The molecular formula is C14H15NO2. The van der Waals surface area contributed by atoms with Gasteiger partial charge in [0.2, 0.25) is 0 Å². The predicted molar refractivity (Wildman–Crippen MR) is 63.1 cm³/mol. The van der Waals surface area contributed by atoms with Crippen LogP contribution in [-0.2, 0) is 5.41 Å². The Morgan fingerprint density at radius 2 is 1.94 bits per heavy atom. The molecule has 2 aliphatic rings. The minimum absolute atomic E-state index is 0.296. The second-order valence-electron chi connectivity index (χ2n) is 5.07. The van der Waals surface area contributed by atoms with Gasteiger partial charge in [0.05, 0.1) is 11.5 Å². The first-order valence-corrected chi connectivity index (χ1v) is 6.05.